The van der Waals surface area contributed by atoms with Gasteiger partial charge < -0.3 is 5.32 Å². The SMILES string of the molecule is O=[N+]([O-])C1(Sc2cccc3c2Nc2ccccc2S3)C=CC(c2ccccc2)=CC1. The Bertz CT molecular complexity index is 1190. The average Bonchev–Trinajstić information content (AvgIpc) is 2.79. The molecule has 1 atom stereocenters. The summed E-state index contributed by atoms with van der Waals surface area (Å²) in [7, 11) is 0. The van der Waals surface area contributed by atoms with E-state index in [0.29, 0.717) is 6.42 Å². The zero-order valence-electron chi connectivity index (χ0n) is 15.9. The van der Waals surface area contributed by atoms with Gasteiger partial charge in [0, 0.05) is 25.7 Å². The largest absolute Gasteiger partial charge is 0.353 e. The Morgan fingerprint density at radius 3 is 2.50 bits per heavy atom. The lowest BCUT2D eigenvalue weighted by atomic mass is 9.97. The number of anilines is 2. The van der Waals surface area contributed by atoms with E-state index < -0.39 is 4.87 Å². The van der Waals surface area contributed by atoms with Crippen LogP contribution < -0.4 is 5.32 Å². The van der Waals surface area contributed by atoms with Crippen LogP contribution in [-0.2, 0) is 0 Å². The molecule has 0 amide bonds. The Labute approximate surface area is 183 Å². The lowest BCUT2D eigenvalue weighted by molar-refractivity contribution is -0.523. The number of thioether (sulfide) groups is 1. The molecule has 3 aromatic carbocycles. The van der Waals surface area contributed by atoms with Crippen molar-refractivity contribution in [1.29, 1.82) is 0 Å². The van der Waals surface area contributed by atoms with Gasteiger partial charge in [0.1, 0.15) is 0 Å². The molecule has 5 rings (SSSR count). The van der Waals surface area contributed by atoms with E-state index in [-0.39, 0.29) is 4.92 Å². The lowest BCUT2D eigenvalue weighted by Crippen LogP contribution is -2.33. The van der Waals surface area contributed by atoms with E-state index in [2.05, 4.69) is 17.4 Å². The second-order valence-electron chi connectivity index (χ2n) is 7.12. The summed E-state index contributed by atoms with van der Waals surface area (Å²) >= 11 is 2.99. The van der Waals surface area contributed by atoms with Crippen LogP contribution in [0.1, 0.15) is 12.0 Å². The standard InChI is InChI=1S/C24H18N2O2S2/c27-26(28)24(15-13-18(14-16-24)17-7-2-1-3-8-17)30-22-12-6-11-21-23(22)25-19-9-4-5-10-20(19)29-21/h1-15,25H,16H2. The molecular formula is C24H18N2O2S2. The molecule has 1 aliphatic carbocycles. The highest BCUT2D eigenvalue weighted by atomic mass is 32.2. The van der Waals surface area contributed by atoms with Crippen molar-refractivity contribution in [2.45, 2.75) is 26.0 Å². The summed E-state index contributed by atoms with van der Waals surface area (Å²) in [5.41, 5.74) is 4.07. The number of para-hydroxylation sites is 2. The van der Waals surface area contributed by atoms with Crippen LogP contribution in [0.3, 0.4) is 0 Å². The molecule has 2 aliphatic rings. The molecule has 4 nitrogen and oxygen atoms in total. The first-order valence-electron chi connectivity index (χ1n) is 9.60. The second kappa shape index (κ2) is 7.70. The Hall–Kier alpha value is -2.96. The van der Waals surface area contributed by atoms with Crippen LogP contribution in [0.4, 0.5) is 11.4 Å². The van der Waals surface area contributed by atoms with Gasteiger partial charge in [0.15, 0.2) is 0 Å². The number of fused-ring (bicyclic) bond motifs is 2. The van der Waals surface area contributed by atoms with E-state index in [0.717, 1.165) is 37.2 Å². The van der Waals surface area contributed by atoms with E-state index in [1.54, 1.807) is 17.8 Å². The number of nitro groups is 1. The Morgan fingerprint density at radius 1 is 0.967 bits per heavy atom. The van der Waals surface area contributed by atoms with Crippen molar-refractivity contribution >= 4 is 40.5 Å². The highest BCUT2D eigenvalue weighted by Gasteiger charge is 2.43. The van der Waals surface area contributed by atoms with Gasteiger partial charge in [-0.1, -0.05) is 72.4 Å². The molecule has 0 aromatic heterocycles. The number of hydrogen-bond donors (Lipinski definition) is 1. The highest BCUT2D eigenvalue weighted by molar-refractivity contribution is 8.01. The number of rotatable bonds is 4. The zero-order valence-corrected chi connectivity index (χ0v) is 17.6. The van der Waals surface area contributed by atoms with Crippen LogP contribution >= 0.6 is 23.5 Å². The van der Waals surface area contributed by atoms with Crippen molar-refractivity contribution in [3.05, 3.63) is 107 Å². The molecule has 0 spiro atoms. The maximum Gasteiger partial charge on any atom is 0.293 e. The van der Waals surface area contributed by atoms with Crippen molar-refractivity contribution in [3.8, 4) is 0 Å². The molecule has 30 heavy (non-hydrogen) atoms. The normalized spacial score (nSPS) is 19.3. The molecular weight excluding hydrogens is 412 g/mol. The molecule has 3 aromatic rings. The van der Waals surface area contributed by atoms with Crippen molar-refractivity contribution in [2.24, 2.45) is 0 Å². The summed E-state index contributed by atoms with van der Waals surface area (Å²) in [5, 5.41) is 15.7. The first kappa shape index (κ1) is 19.0. The van der Waals surface area contributed by atoms with Crippen LogP contribution in [0.15, 0.2) is 106 Å². The minimum atomic E-state index is -1.23. The number of allylic oxidation sites excluding steroid dienone is 2. The number of nitrogens with one attached hydrogen (secondary N) is 1. The van der Waals surface area contributed by atoms with Gasteiger partial charge in [0.2, 0.25) is 0 Å². The first-order chi connectivity index (χ1) is 14.6. The molecule has 0 saturated carbocycles. The summed E-state index contributed by atoms with van der Waals surface area (Å²) in [6.45, 7) is 0. The fourth-order valence-corrected chi connectivity index (χ4v) is 5.87. The van der Waals surface area contributed by atoms with Crippen molar-refractivity contribution < 1.29 is 4.92 Å². The molecule has 1 unspecified atom stereocenters. The van der Waals surface area contributed by atoms with Crippen molar-refractivity contribution in [1.82, 2.24) is 0 Å². The quantitative estimate of drug-likeness (QED) is 0.214. The summed E-state index contributed by atoms with van der Waals surface area (Å²) in [6, 6.07) is 24.1. The second-order valence-corrected chi connectivity index (χ2v) is 9.55. The van der Waals surface area contributed by atoms with Crippen molar-refractivity contribution in [3.63, 3.8) is 0 Å². The van der Waals surface area contributed by atoms with E-state index >= 15 is 0 Å². The third-order valence-corrected chi connectivity index (χ3v) is 7.70. The smallest absolute Gasteiger partial charge is 0.293 e. The fourth-order valence-electron chi connectivity index (χ4n) is 3.61. The summed E-state index contributed by atoms with van der Waals surface area (Å²) < 4.78 is 0. The number of benzene rings is 3. The maximum absolute atomic E-state index is 12.2. The summed E-state index contributed by atoms with van der Waals surface area (Å²) in [4.78, 5) is 13.9. The van der Waals surface area contributed by atoms with Crippen LogP contribution in [0.2, 0.25) is 0 Å². The molecule has 1 aliphatic heterocycles. The minimum Gasteiger partial charge on any atom is -0.353 e. The Balaban J connectivity index is 1.46. The molecule has 0 radical (unpaired) electrons. The van der Waals surface area contributed by atoms with Gasteiger partial charge in [-0.15, -0.1) is 0 Å². The monoisotopic (exact) mass is 430 g/mol. The van der Waals surface area contributed by atoms with E-state index in [4.69, 9.17) is 0 Å². The third kappa shape index (κ3) is 3.42. The van der Waals surface area contributed by atoms with Gasteiger partial charge >= 0.3 is 0 Å². The predicted octanol–water partition coefficient (Wildman–Crippen LogP) is 7.00. The van der Waals surface area contributed by atoms with Gasteiger partial charge in [-0.2, -0.15) is 0 Å². The van der Waals surface area contributed by atoms with E-state index in [9.17, 15) is 10.1 Å². The highest BCUT2D eigenvalue weighted by Crippen LogP contribution is 2.51. The Morgan fingerprint density at radius 2 is 1.73 bits per heavy atom. The van der Waals surface area contributed by atoms with E-state index in [1.165, 1.54) is 11.8 Å². The van der Waals surface area contributed by atoms with Crippen LogP contribution in [0.25, 0.3) is 5.57 Å². The average molecular weight is 431 g/mol. The topological polar surface area (TPSA) is 55.2 Å². The first-order valence-corrected chi connectivity index (χ1v) is 11.2. The van der Waals surface area contributed by atoms with Gasteiger partial charge in [0.25, 0.3) is 4.87 Å². The van der Waals surface area contributed by atoms with Gasteiger partial charge in [-0.25, -0.2) is 0 Å². The summed E-state index contributed by atoms with van der Waals surface area (Å²) in [6.07, 6.45) is 5.92. The zero-order chi connectivity index (χ0) is 20.6. The predicted molar refractivity (Wildman–Crippen MR) is 124 cm³/mol. The molecule has 0 saturated heterocycles. The minimum absolute atomic E-state index is 0.171. The van der Waals surface area contributed by atoms with Crippen LogP contribution in [0, 0.1) is 10.1 Å². The van der Waals surface area contributed by atoms with Crippen LogP contribution in [-0.4, -0.2) is 9.79 Å². The van der Waals surface area contributed by atoms with E-state index in [1.807, 2.05) is 72.8 Å². The molecule has 0 fully saturated rings. The maximum atomic E-state index is 12.2. The third-order valence-electron chi connectivity index (χ3n) is 5.20. The van der Waals surface area contributed by atoms with Crippen LogP contribution in [0.5, 0.6) is 0 Å². The number of nitrogens with zero attached hydrogens (tertiary/aromatic N) is 1. The molecule has 1 heterocycles. The lowest BCUT2D eigenvalue weighted by Gasteiger charge is -2.27. The Kier molecular flexibility index (Phi) is 4.89. The fraction of sp³-hybridized carbons (Fsp3) is 0.0833. The van der Waals surface area contributed by atoms with Crippen molar-refractivity contribution in [2.75, 3.05) is 5.32 Å². The number of hydrogen-bond acceptors (Lipinski definition) is 5. The molecule has 0 bridgehead atoms. The van der Waals surface area contributed by atoms with Gasteiger partial charge in [0.05, 0.1) is 17.8 Å². The molecule has 6 heteroatoms. The molecule has 148 valence electrons. The van der Waals surface area contributed by atoms with Gasteiger partial charge in [-0.3, -0.25) is 10.1 Å². The van der Waals surface area contributed by atoms with Gasteiger partial charge in [-0.05, 0) is 47.2 Å². The summed E-state index contributed by atoms with van der Waals surface area (Å²) in [5.74, 6) is 0. The molecule has 1 N–H and O–H groups in total.